The van der Waals surface area contributed by atoms with Crippen molar-refractivity contribution in [2.45, 2.75) is 39.5 Å². The first-order chi connectivity index (χ1) is 13.9. The molecule has 0 saturated heterocycles. The lowest BCUT2D eigenvalue weighted by molar-refractivity contribution is 0.0818. The van der Waals surface area contributed by atoms with Crippen molar-refractivity contribution in [1.82, 2.24) is 15.2 Å². The minimum Gasteiger partial charge on any atom is -0.488 e. The number of nitrogens with one attached hydrogen (secondary N) is 1. The molecule has 1 aromatic carbocycles. The van der Waals surface area contributed by atoms with E-state index in [1.807, 2.05) is 37.2 Å². The number of halogens is 3. The fourth-order valence-electron chi connectivity index (χ4n) is 2.53. The van der Waals surface area contributed by atoms with Gasteiger partial charge in [-0.05, 0) is 31.5 Å². The second-order valence-corrected chi connectivity index (χ2v) is 7.32. The molecule has 0 saturated carbocycles. The van der Waals surface area contributed by atoms with Crippen LogP contribution >= 0.6 is 35.3 Å². The normalized spacial score (nSPS) is 12.4. The summed E-state index contributed by atoms with van der Waals surface area (Å²) in [5, 5.41) is 6.23. The quantitative estimate of drug-likeness (QED) is 0.262. The number of hydrogen-bond acceptors (Lipinski definition) is 5. The van der Waals surface area contributed by atoms with Crippen LogP contribution in [-0.2, 0) is 17.8 Å². The number of nitrogens with zero attached hydrogens (tertiary/aromatic N) is 3. The molecule has 2 aromatic rings. The Morgan fingerprint density at radius 2 is 2.13 bits per heavy atom. The van der Waals surface area contributed by atoms with E-state index in [1.54, 1.807) is 36.6 Å². The van der Waals surface area contributed by atoms with E-state index < -0.39 is 13.0 Å². The third kappa shape index (κ3) is 8.68. The van der Waals surface area contributed by atoms with Gasteiger partial charge in [-0.2, -0.15) is 0 Å². The third-order valence-corrected chi connectivity index (χ3v) is 5.11. The molecule has 30 heavy (non-hydrogen) atoms. The Bertz CT molecular complexity index is 792. The predicted octanol–water partition coefficient (Wildman–Crippen LogP) is 4.71. The zero-order valence-corrected chi connectivity index (χ0v) is 20.7. The van der Waals surface area contributed by atoms with Crippen molar-refractivity contribution < 1.29 is 18.3 Å². The lowest BCUT2D eigenvalue weighted by Crippen LogP contribution is -2.38. The van der Waals surface area contributed by atoms with Gasteiger partial charge in [-0.25, -0.2) is 18.8 Å². The first-order valence-corrected chi connectivity index (χ1v) is 10.3. The van der Waals surface area contributed by atoms with E-state index in [1.165, 1.54) is 0 Å². The van der Waals surface area contributed by atoms with Gasteiger partial charge in [0.05, 0.1) is 18.8 Å². The third-order valence-electron chi connectivity index (χ3n) is 4.05. The molecule has 6 nitrogen and oxygen atoms in total. The predicted molar refractivity (Wildman–Crippen MR) is 127 cm³/mol. The van der Waals surface area contributed by atoms with Crippen LogP contribution in [0.15, 0.2) is 34.6 Å². The number of aliphatic imine (C=N–C) groups is 1. The molecule has 0 amide bonds. The molecule has 0 aliphatic heterocycles. The van der Waals surface area contributed by atoms with Gasteiger partial charge in [0.1, 0.15) is 23.5 Å². The Labute approximate surface area is 197 Å². The summed E-state index contributed by atoms with van der Waals surface area (Å²) in [5.74, 6) is 1.15. The largest absolute Gasteiger partial charge is 0.488 e. The summed E-state index contributed by atoms with van der Waals surface area (Å²) < 4.78 is 35.0. The van der Waals surface area contributed by atoms with Crippen LogP contribution in [0.3, 0.4) is 0 Å². The molecule has 0 fully saturated rings. The summed E-state index contributed by atoms with van der Waals surface area (Å²) in [4.78, 5) is 11.3. The first kappa shape index (κ1) is 26.5. The maximum Gasteiger partial charge on any atom is 0.272 e. The number of thiazole rings is 1. The van der Waals surface area contributed by atoms with Crippen molar-refractivity contribution in [2.75, 3.05) is 27.3 Å². The standard InChI is InChI=1S/C20H28F2N4O2S.HI/c1-5-23-20(26(3)11-16-13-29-19(25-16)14(2)27-4)24-10-15-7-6-8-17(9-15)28-12-18(21)22;/h6-9,13-14,18H,5,10-12H2,1-4H3,(H,23,24);1H. The molecular formula is C20H29F2IN4O2S. The van der Waals surface area contributed by atoms with Crippen molar-refractivity contribution in [3.63, 3.8) is 0 Å². The van der Waals surface area contributed by atoms with Crippen LogP contribution in [0, 0.1) is 0 Å². The lowest BCUT2D eigenvalue weighted by Gasteiger charge is -2.21. The highest BCUT2D eigenvalue weighted by atomic mass is 127. The summed E-state index contributed by atoms with van der Waals surface area (Å²) in [6.45, 7) is 5.09. The number of guanidine groups is 1. The number of aromatic nitrogens is 1. The minimum absolute atomic E-state index is 0. The molecule has 1 N–H and O–H groups in total. The zero-order valence-electron chi connectivity index (χ0n) is 17.6. The Morgan fingerprint density at radius 3 is 2.80 bits per heavy atom. The highest BCUT2D eigenvalue weighted by Crippen LogP contribution is 2.21. The van der Waals surface area contributed by atoms with E-state index in [0.717, 1.165) is 28.8 Å². The summed E-state index contributed by atoms with van der Waals surface area (Å²) in [6.07, 6.45) is -2.52. The molecule has 0 aliphatic rings. The number of methoxy groups -OCH3 is 1. The smallest absolute Gasteiger partial charge is 0.272 e. The Hall–Kier alpha value is -1.53. The van der Waals surface area contributed by atoms with Gasteiger partial charge in [0.2, 0.25) is 0 Å². The van der Waals surface area contributed by atoms with Crippen LogP contribution in [0.5, 0.6) is 5.75 Å². The molecular weight excluding hydrogens is 525 g/mol. The summed E-state index contributed by atoms with van der Waals surface area (Å²) in [5.41, 5.74) is 1.83. The Morgan fingerprint density at radius 1 is 1.37 bits per heavy atom. The number of benzene rings is 1. The second kappa shape index (κ2) is 13.7. The van der Waals surface area contributed by atoms with Gasteiger partial charge in [0.25, 0.3) is 6.43 Å². The van der Waals surface area contributed by atoms with Gasteiger partial charge in [0, 0.05) is 26.1 Å². The van der Waals surface area contributed by atoms with Crippen LogP contribution in [0.25, 0.3) is 0 Å². The van der Waals surface area contributed by atoms with Gasteiger partial charge in [0.15, 0.2) is 5.96 Å². The summed E-state index contributed by atoms with van der Waals surface area (Å²) >= 11 is 1.58. The molecule has 0 bridgehead atoms. The fourth-order valence-corrected chi connectivity index (χ4v) is 3.37. The summed E-state index contributed by atoms with van der Waals surface area (Å²) in [7, 11) is 3.61. The van der Waals surface area contributed by atoms with Crippen molar-refractivity contribution in [3.8, 4) is 5.75 Å². The maximum absolute atomic E-state index is 12.3. The molecule has 10 heteroatoms. The van der Waals surface area contributed by atoms with Gasteiger partial charge in [-0.3, -0.25) is 0 Å². The average Bonchev–Trinajstić information content (AvgIpc) is 3.17. The van der Waals surface area contributed by atoms with E-state index in [0.29, 0.717) is 18.8 Å². The van der Waals surface area contributed by atoms with Crippen LogP contribution in [0.4, 0.5) is 8.78 Å². The average molecular weight is 554 g/mol. The Kier molecular flexibility index (Phi) is 12.1. The monoisotopic (exact) mass is 554 g/mol. The van der Waals surface area contributed by atoms with Crippen LogP contribution in [0.1, 0.15) is 36.2 Å². The van der Waals surface area contributed by atoms with E-state index >= 15 is 0 Å². The molecule has 1 aromatic heterocycles. The molecule has 0 radical (unpaired) electrons. The number of ether oxygens (including phenoxy) is 2. The van der Waals surface area contributed by atoms with E-state index in [9.17, 15) is 8.78 Å². The molecule has 2 rings (SSSR count). The second-order valence-electron chi connectivity index (χ2n) is 6.43. The Balaban J connectivity index is 0.00000450. The minimum atomic E-state index is -2.50. The fraction of sp³-hybridized carbons (Fsp3) is 0.500. The van der Waals surface area contributed by atoms with Crippen molar-refractivity contribution in [2.24, 2.45) is 4.99 Å². The van der Waals surface area contributed by atoms with Gasteiger partial charge in [-0.1, -0.05) is 12.1 Å². The van der Waals surface area contributed by atoms with Gasteiger partial charge < -0.3 is 19.7 Å². The molecule has 0 aliphatic carbocycles. The van der Waals surface area contributed by atoms with Crippen molar-refractivity contribution in [1.29, 1.82) is 0 Å². The first-order valence-electron chi connectivity index (χ1n) is 9.39. The molecule has 1 heterocycles. The highest BCUT2D eigenvalue weighted by molar-refractivity contribution is 14.0. The van der Waals surface area contributed by atoms with Crippen LogP contribution in [0.2, 0.25) is 0 Å². The molecule has 1 atom stereocenters. The van der Waals surface area contributed by atoms with Gasteiger partial charge in [-0.15, -0.1) is 35.3 Å². The van der Waals surface area contributed by atoms with Crippen molar-refractivity contribution in [3.05, 3.63) is 45.9 Å². The topological polar surface area (TPSA) is 59.0 Å². The van der Waals surface area contributed by atoms with E-state index in [4.69, 9.17) is 9.47 Å². The number of hydrogen-bond donors (Lipinski definition) is 1. The van der Waals surface area contributed by atoms with Gasteiger partial charge >= 0.3 is 0 Å². The lowest BCUT2D eigenvalue weighted by atomic mass is 10.2. The summed E-state index contributed by atoms with van der Waals surface area (Å²) in [6, 6.07) is 7.05. The number of rotatable bonds is 10. The molecule has 0 spiro atoms. The van der Waals surface area contributed by atoms with Crippen LogP contribution in [-0.4, -0.2) is 49.6 Å². The molecule has 168 valence electrons. The van der Waals surface area contributed by atoms with Crippen LogP contribution < -0.4 is 10.1 Å². The van der Waals surface area contributed by atoms with E-state index in [2.05, 4.69) is 15.3 Å². The zero-order chi connectivity index (χ0) is 21.2. The highest BCUT2D eigenvalue weighted by Gasteiger charge is 2.13. The maximum atomic E-state index is 12.3. The molecule has 1 unspecified atom stereocenters. The SMILES string of the molecule is CCNC(=NCc1cccc(OCC(F)F)c1)N(C)Cc1csc(C(C)OC)n1.I. The van der Waals surface area contributed by atoms with E-state index in [-0.39, 0.29) is 30.1 Å². The van der Waals surface area contributed by atoms with Crippen molar-refractivity contribution >= 4 is 41.3 Å². The number of alkyl halides is 2.